The van der Waals surface area contributed by atoms with Crippen LogP contribution in [0, 0.1) is 5.92 Å². The molecule has 1 N–H and O–H groups in total. The summed E-state index contributed by atoms with van der Waals surface area (Å²) in [5, 5.41) is 10.2. The lowest BCUT2D eigenvalue weighted by molar-refractivity contribution is -0.139. The first kappa shape index (κ1) is 21.7. The molecule has 1 heterocycles. The summed E-state index contributed by atoms with van der Waals surface area (Å²) < 4.78 is 12.0. The van der Waals surface area contributed by atoms with E-state index in [2.05, 4.69) is 6.58 Å². The van der Waals surface area contributed by atoms with E-state index in [0.29, 0.717) is 10.8 Å². The number of carboxylic acid groups (broad SMARTS) is 1. The van der Waals surface area contributed by atoms with Crippen LogP contribution < -0.4 is 4.74 Å². The average Bonchev–Trinajstić information content (AvgIpc) is 2.67. The van der Waals surface area contributed by atoms with Gasteiger partial charge in [-0.05, 0) is 50.1 Å². The van der Waals surface area contributed by atoms with Crippen LogP contribution in [0.25, 0.3) is 0 Å². The highest BCUT2D eigenvalue weighted by molar-refractivity contribution is 6.31. The standard InChI is InChI=1S/C23H24Cl2O4/c1-13(2)17-11-18(16-6-4-5-7-20(16)25)14(3)29-23(17)19-10-15(24)8-9-21(19)28-12-22(26)27/h4-10,14,17-18,23H,1,11-12H2,2-3H3,(H,26,27)/t14-,17+,18+,23-/m0/s1. The molecule has 0 unspecified atom stereocenters. The van der Waals surface area contributed by atoms with Crippen molar-refractivity contribution in [3.63, 3.8) is 0 Å². The number of rotatable bonds is 6. The fourth-order valence-corrected chi connectivity index (χ4v) is 4.38. The zero-order chi connectivity index (χ0) is 21.1. The van der Waals surface area contributed by atoms with Crippen LogP contribution in [-0.4, -0.2) is 23.8 Å². The summed E-state index contributed by atoms with van der Waals surface area (Å²) in [5.74, 6) is -0.474. The van der Waals surface area contributed by atoms with Crippen molar-refractivity contribution >= 4 is 29.2 Å². The van der Waals surface area contributed by atoms with E-state index in [4.69, 9.17) is 37.8 Å². The summed E-state index contributed by atoms with van der Waals surface area (Å²) in [6.45, 7) is 7.74. The van der Waals surface area contributed by atoms with Crippen molar-refractivity contribution in [2.24, 2.45) is 5.92 Å². The molecule has 0 saturated carbocycles. The molecule has 0 aromatic heterocycles. The number of carbonyl (C=O) groups is 1. The molecule has 0 aliphatic carbocycles. The summed E-state index contributed by atoms with van der Waals surface area (Å²) >= 11 is 12.7. The minimum atomic E-state index is -1.04. The predicted octanol–water partition coefficient (Wildman–Crippen LogP) is 6.28. The maximum absolute atomic E-state index is 11.0. The van der Waals surface area contributed by atoms with Gasteiger partial charge in [-0.1, -0.05) is 53.6 Å². The van der Waals surface area contributed by atoms with Crippen molar-refractivity contribution in [2.75, 3.05) is 6.61 Å². The molecule has 0 bridgehead atoms. The minimum absolute atomic E-state index is 0.00174. The van der Waals surface area contributed by atoms with Crippen molar-refractivity contribution in [1.82, 2.24) is 0 Å². The maximum atomic E-state index is 11.0. The quantitative estimate of drug-likeness (QED) is 0.543. The van der Waals surface area contributed by atoms with Crippen LogP contribution in [-0.2, 0) is 9.53 Å². The number of aliphatic carboxylic acids is 1. The monoisotopic (exact) mass is 434 g/mol. The Kier molecular flexibility index (Phi) is 6.89. The van der Waals surface area contributed by atoms with E-state index >= 15 is 0 Å². The fourth-order valence-electron chi connectivity index (χ4n) is 3.93. The highest BCUT2D eigenvalue weighted by Crippen LogP contribution is 2.49. The summed E-state index contributed by atoms with van der Waals surface area (Å²) in [6, 6.07) is 13.0. The largest absolute Gasteiger partial charge is 0.482 e. The zero-order valence-electron chi connectivity index (χ0n) is 16.4. The second-order valence-corrected chi connectivity index (χ2v) is 8.29. The van der Waals surface area contributed by atoms with E-state index in [1.165, 1.54) is 0 Å². The summed E-state index contributed by atoms with van der Waals surface area (Å²) in [5.41, 5.74) is 2.76. The predicted molar refractivity (Wildman–Crippen MR) is 115 cm³/mol. The van der Waals surface area contributed by atoms with Gasteiger partial charge < -0.3 is 14.6 Å². The van der Waals surface area contributed by atoms with E-state index in [1.54, 1.807) is 18.2 Å². The van der Waals surface area contributed by atoms with Gasteiger partial charge in [0.05, 0.1) is 12.2 Å². The van der Waals surface area contributed by atoms with E-state index in [9.17, 15) is 4.79 Å². The highest BCUT2D eigenvalue weighted by Gasteiger charge is 2.39. The smallest absolute Gasteiger partial charge is 0.341 e. The third-order valence-corrected chi connectivity index (χ3v) is 5.95. The Morgan fingerprint density at radius 3 is 2.62 bits per heavy atom. The average molecular weight is 435 g/mol. The maximum Gasteiger partial charge on any atom is 0.341 e. The molecule has 4 atom stereocenters. The molecule has 6 heteroatoms. The van der Waals surface area contributed by atoms with Crippen molar-refractivity contribution < 1.29 is 19.4 Å². The van der Waals surface area contributed by atoms with Crippen molar-refractivity contribution in [1.29, 1.82) is 0 Å². The lowest BCUT2D eigenvalue weighted by Crippen LogP contribution is -2.34. The lowest BCUT2D eigenvalue weighted by Gasteiger charge is -2.42. The molecule has 154 valence electrons. The Bertz CT molecular complexity index is 912. The molecule has 0 amide bonds. The number of carboxylic acids is 1. The lowest BCUT2D eigenvalue weighted by atomic mass is 9.76. The molecule has 29 heavy (non-hydrogen) atoms. The topological polar surface area (TPSA) is 55.8 Å². The van der Waals surface area contributed by atoms with Crippen LogP contribution in [0.1, 0.15) is 43.4 Å². The van der Waals surface area contributed by atoms with Crippen LogP contribution in [0.4, 0.5) is 0 Å². The molecule has 3 rings (SSSR count). The third kappa shape index (κ3) is 4.95. The van der Waals surface area contributed by atoms with Crippen LogP contribution >= 0.6 is 23.2 Å². The zero-order valence-corrected chi connectivity index (χ0v) is 17.9. The Morgan fingerprint density at radius 1 is 1.24 bits per heavy atom. The van der Waals surface area contributed by atoms with Crippen LogP contribution in [0.2, 0.25) is 10.0 Å². The molecular formula is C23H24Cl2O4. The first-order chi connectivity index (χ1) is 13.8. The second-order valence-electron chi connectivity index (χ2n) is 7.44. The first-order valence-electron chi connectivity index (χ1n) is 9.47. The Morgan fingerprint density at radius 2 is 1.97 bits per heavy atom. The van der Waals surface area contributed by atoms with Gasteiger partial charge >= 0.3 is 5.97 Å². The molecule has 4 nitrogen and oxygen atoms in total. The third-order valence-electron chi connectivity index (χ3n) is 5.37. The van der Waals surface area contributed by atoms with Crippen molar-refractivity contribution in [2.45, 2.75) is 38.4 Å². The molecule has 1 aliphatic rings. The molecule has 1 aliphatic heterocycles. The first-order valence-corrected chi connectivity index (χ1v) is 10.2. The summed E-state index contributed by atoms with van der Waals surface area (Å²) in [6.07, 6.45) is 0.348. The van der Waals surface area contributed by atoms with Gasteiger partial charge in [-0.2, -0.15) is 0 Å². The van der Waals surface area contributed by atoms with E-state index in [0.717, 1.165) is 28.1 Å². The second kappa shape index (κ2) is 9.21. The van der Waals surface area contributed by atoms with E-state index in [1.807, 2.05) is 38.1 Å². The Labute approximate surface area is 181 Å². The van der Waals surface area contributed by atoms with Gasteiger partial charge in [0.2, 0.25) is 0 Å². The van der Waals surface area contributed by atoms with Gasteiger partial charge in [0.15, 0.2) is 6.61 Å². The molecule has 2 aromatic rings. The molecule has 1 saturated heterocycles. The van der Waals surface area contributed by atoms with Crippen molar-refractivity contribution in [3.8, 4) is 5.75 Å². The minimum Gasteiger partial charge on any atom is -0.482 e. The molecule has 1 fully saturated rings. The van der Waals surface area contributed by atoms with E-state index < -0.39 is 12.6 Å². The normalized spacial score (nSPS) is 24.1. The number of ether oxygens (including phenoxy) is 2. The van der Waals surface area contributed by atoms with Crippen LogP contribution in [0.5, 0.6) is 5.75 Å². The Hall–Kier alpha value is -2.01. The van der Waals surface area contributed by atoms with Gasteiger partial charge in [0, 0.05) is 27.4 Å². The van der Waals surface area contributed by atoms with Gasteiger partial charge in [-0.3, -0.25) is 0 Å². The molecule has 0 radical (unpaired) electrons. The number of hydrogen-bond acceptors (Lipinski definition) is 3. The number of halogens is 2. The molecule has 2 aromatic carbocycles. The highest BCUT2D eigenvalue weighted by atomic mass is 35.5. The molecular weight excluding hydrogens is 411 g/mol. The number of benzene rings is 2. The van der Waals surface area contributed by atoms with Gasteiger partial charge in [-0.25, -0.2) is 4.79 Å². The summed E-state index contributed by atoms with van der Waals surface area (Å²) in [4.78, 5) is 11.0. The van der Waals surface area contributed by atoms with Crippen LogP contribution in [0.15, 0.2) is 54.6 Å². The molecule has 0 spiro atoms. The summed E-state index contributed by atoms with van der Waals surface area (Å²) in [7, 11) is 0. The van der Waals surface area contributed by atoms with E-state index in [-0.39, 0.29) is 24.0 Å². The van der Waals surface area contributed by atoms with Gasteiger partial charge in [0.25, 0.3) is 0 Å². The van der Waals surface area contributed by atoms with Crippen molar-refractivity contribution in [3.05, 3.63) is 75.8 Å². The Balaban J connectivity index is 1.96. The van der Waals surface area contributed by atoms with Crippen LogP contribution in [0.3, 0.4) is 0 Å². The van der Waals surface area contributed by atoms with Gasteiger partial charge in [-0.15, -0.1) is 0 Å². The fraction of sp³-hybridized carbons (Fsp3) is 0.348. The SMILES string of the molecule is C=C(C)[C@H]1C[C@@H](c2ccccc2Cl)[C@H](C)O[C@@H]1c1cc(Cl)ccc1OCC(=O)O. The van der Waals surface area contributed by atoms with Gasteiger partial charge in [0.1, 0.15) is 5.75 Å². The number of hydrogen-bond donors (Lipinski definition) is 1.